The zero-order valence-corrected chi connectivity index (χ0v) is 13.5. The summed E-state index contributed by atoms with van der Waals surface area (Å²) in [5, 5.41) is 2.66. The van der Waals surface area contributed by atoms with E-state index < -0.39 is 16.1 Å². The van der Waals surface area contributed by atoms with Crippen LogP contribution in [0.4, 0.5) is 0 Å². The first kappa shape index (κ1) is 17.6. The molecule has 0 aromatic heterocycles. The van der Waals surface area contributed by atoms with E-state index in [0.29, 0.717) is 12.1 Å². The van der Waals surface area contributed by atoms with Gasteiger partial charge in [-0.05, 0) is 37.5 Å². The molecule has 1 amide bonds. The van der Waals surface area contributed by atoms with Gasteiger partial charge in [-0.3, -0.25) is 4.79 Å². The van der Waals surface area contributed by atoms with E-state index in [9.17, 15) is 13.2 Å². The van der Waals surface area contributed by atoms with Crippen LogP contribution in [0.25, 0.3) is 0 Å². The molecule has 0 heterocycles. The van der Waals surface area contributed by atoms with Gasteiger partial charge in [-0.25, -0.2) is 8.42 Å². The summed E-state index contributed by atoms with van der Waals surface area (Å²) < 4.78 is 27.1. The summed E-state index contributed by atoms with van der Waals surface area (Å²) in [5.41, 5.74) is 6.87. The van der Waals surface area contributed by atoms with Crippen molar-refractivity contribution in [3.63, 3.8) is 0 Å². The predicted octanol–water partition coefficient (Wildman–Crippen LogP) is 0.647. The van der Waals surface area contributed by atoms with Crippen LogP contribution in [0.3, 0.4) is 0 Å². The van der Waals surface area contributed by atoms with Gasteiger partial charge >= 0.3 is 0 Å². The van der Waals surface area contributed by atoms with E-state index in [4.69, 9.17) is 5.73 Å². The van der Waals surface area contributed by atoms with Gasteiger partial charge in [0.15, 0.2) is 0 Å². The second-order valence-electron chi connectivity index (χ2n) is 4.94. The Labute approximate surface area is 126 Å². The summed E-state index contributed by atoms with van der Waals surface area (Å²) in [6, 6.07) is 4.20. The van der Waals surface area contributed by atoms with E-state index in [1.807, 2.05) is 6.92 Å². The van der Waals surface area contributed by atoms with E-state index in [-0.39, 0.29) is 17.3 Å². The van der Waals surface area contributed by atoms with Crippen molar-refractivity contribution in [1.82, 2.24) is 10.0 Å². The SMILES string of the molecule is CCCNC(=O)C(C)NS(=O)(=O)c1cc(CN)ccc1C. The molecule has 7 heteroatoms. The van der Waals surface area contributed by atoms with Gasteiger partial charge < -0.3 is 11.1 Å². The lowest BCUT2D eigenvalue weighted by molar-refractivity contribution is -0.122. The zero-order chi connectivity index (χ0) is 16.0. The smallest absolute Gasteiger partial charge is 0.241 e. The Kier molecular flexibility index (Phi) is 6.32. The molecule has 1 atom stereocenters. The minimum absolute atomic E-state index is 0.153. The lowest BCUT2D eigenvalue weighted by Gasteiger charge is -2.16. The molecule has 0 bridgehead atoms. The normalized spacial score (nSPS) is 13.0. The number of amides is 1. The van der Waals surface area contributed by atoms with Crippen LogP contribution in [-0.2, 0) is 21.4 Å². The second kappa shape index (κ2) is 7.53. The van der Waals surface area contributed by atoms with Crippen molar-refractivity contribution >= 4 is 15.9 Å². The van der Waals surface area contributed by atoms with Crippen LogP contribution < -0.4 is 15.8 Å². The maximum absolute atomic E-state index is 12.4. The van der Waals surface area contributed by atoms with Gasteiger partial charge in [0.2, 0.25) is 15.9 Å². The predicted molar refractivity (Wildman–Crippen MR) is 82.2 cm³/mol. The summed E-state index contributed by atoms with van der Waals surface area (Å²) in [4.78, 5) is 11.9. The minimum Gasteiger partial charge on any atom is -0.355 e. The summed E-state index contributed by atoms with van der Waals surface area (Å²) >= 11 is 0. The number of hydrogen-bond acceptors (Lipinski definition) is 4. The van der Waals surface area contributed by atoms with Crippen LogP contribution in [0.1, 0.15) is 31.4 Å². The molecule has 4 N–H and O–H groups in total. The summed E-state index contributed by atoms with van der Waals surface area (Å²) in [5.74, 6) is -0.340. The molecule has 1 unspecified atom stereocenters. The van der Waals surface area contributed by atoms with Crippen LogP contribution in [0.2, 0.25) is 0 Å². The third-order valence-corrected chi connectivity index (χ3v) is 4.73. The Balaban J connectivity index is 2.93. The molecule has 0 radical (unpaired) electrons. The largest absolute Gasteiger partial charge is 0.355 e. The average molecular weight is 313 g/mol. The fourth-order valence-corrected chi connectivity index (χ4v) is 3.31. The molecule has 0 saturated heterocycles. The van der Waals surface area contributed by atoms with Gasteiger partial charge in [0.05, 0.1) is 10.9 Å². The summed E-state index contributed by atoms with van der Waals surface area (Å²) in [6.07, 6.45) is 0.795. The average Bonchev–Trinajstić information content (AvgIpc) is 2.44. The molecule has 0 aliphatic heterocycles. The van der Waals surface area contributed by atoms with Gasteiger partial charge in [-0.15, -0.1) is 0 Å². The Bertz CT molecular complexity index is 599. The molecule has 118 valence electrons. The van der Waals surface area contributed by atoms with Crippen LogP contribution in [0.15, 0.2) is 23.1 Å². The first-order chi connectivity index (χ1) is 9.81. The maximum Gasteiger partial charge on any atom is 0.241 e. The fraction of sp³-hybridized carbons (Fsp3) is 0.500. The van der Waals surface area contributed by atoms with E-state index >= 15 is 0 Å². The number of rotatable bonds is 7. The number of nitrogens with one attached hydrogen (secondary N) is 2. The topological polar surface area (TPSA) is 101 Å². The number of benzene rings is 1. The number of sulfonamides is 1. The number of carbonyl (C=O) groups is 1. The van der Waals surface area contributed by atoms with Crippen molar-refractivity contribution in [1.29, 1.82) is 0 Å². The Morgan fingerprint density at radius 1 is 1.38 bits per heavy atom. The van der Waals surface area contributed by atoms with Gasteiger partial charge in [0.1, 0.15) is 0 Å². The molecule has 0 saturated carbocycles. The van der Waals surface area contributed by atoms with Gasteiger partial charge in [-0.1, -0.05) is 19.1 Å². The van der Waals surface area contributed by atoms with E-state index in [0.717, 1.165) is 12.0 Å². The highest BCUT2D eigenvalue weighted by Crippen LogP contribution is 2.17. The highest BCUT2D eigenvalue weighted by Gasteiger charge is 2.23. The highest BCUT2D eigenvalue weighted by molar-refractivity contribution is 7.89. The molecule has 0 spiro atoms. The lowest BCUT2D eigenvalue weighted by Crippen LogP contribution is -2.45. The number of carbonyl (C=O) groups excluding carboxylic acids is 1. The van der Waals surface area contributed by atoms with Crippen molar-refractivity contribution in [2.45, 2.75) is 44.7 Å². The molecule has 21 heavy (non-hydrogen) atoms. The van der Waals surface area contributed by atoms with Crippen molar-refractivity contribution in [3.8, 4) is 0 Å². The number of hydrogen-bond donors (Lipinski definition) is 3. The molecular formula is C14H23N3O3S. The first-order valence-corrected chi connectivity index (χ1v) is 8.39. The Hall–Kier alpha value is -1.44. The molecule has 0 aliphatic carbocycles. The number of aryl methyl sites for hydroxylation is 1. The van der Waals surface area contributed by atoms with E-state index in [1.165, 1.54) is 13.0 Å². The quantitative estimate of drug-likeness (QED) is 0.688. The first-order valence-electron chi connectivity index (χ1n) is 6.91. The van der Waals surface area contributed by atoms with Crippen LogP contribution in [0, 0.1) is 6.92 Å². The van der Waals surface area contributed by atoms with Crippen LogP contribution in [-0.4, -0.2) is 26.9 Å². The Morgan fingerprint density at radius 3 is 2.62 bits per heavy atom. The molecule has 6 nitrogen and oxygen atoms in total. The molecule has 1 aromatic rings. The van der Waals surface area contributed by atoms with Gasteiger partial charge in [-0.2, -0.15) is 4.72 Å². The summed E-state index contributed by atoms with van der Waals surface area (Å²) in [6.45, 7) is 5.93. The number of nitrogens with two attached hydrogens (primary N) is 1. The van der Waals surface area contributed by atoms with Crippen molar-refractivity contribution < 1.29 is 13.2 Å². The van der Waals surface area contributed by atoms with Gasteiger partial charge in [0.25, 0.3) is 0 Å². The zero-order valence-electron chi connectivity index (χ0n) is 12.6. The molecule has 1 aromatic carbocycles. The third kappa shape index (κ3) is 4.80. The standard InChI is InChI=1S/C14H23N3O3S/c1-4-7-16-14(18)11(3)17-21(19,20)13-8-12(9-15)6-5-10(13)2/h5-6,8,11,17H,4,7,9,15H2,1-3H3,(H,16,18). The Morgan fingerprint density at radius 2 is 2.05 bits per heavy atom. The lowest BCUT2D eigenvalue weighted by atomic mass is 10.1. The monoisotopic (exact) mass is 313 g/mol. The molecule has 1 rings (SSSR count). The second-order valence-corrected chi connectivity index (χ2v) is 6.62. The highest BCUT2D eigenvalue weighted by atomic mass is 32.2. The van der Waals surface area contributed by atoms with E-state index in [1.54, 1.807) is 19.1 Å². The molecule has 0 aliphatic rings. The molecular weight excluding hydrogens is 290 g/mol. The molecule has 0 fully saturated rings. The van der Waals surface area contributed by atoms with Crippen molar-refractivity contribution in [2.24, 2.45) is 5.73 Å². The fourth-order valence-electron chi connectivity index (χ4n) is 1.81. The van der Waals surface area contributed by atoms with Gasteiger partial charge in [0, 0.05) is 13.1 Å². The van der Waals surface area contributed by atoms with Crippen molar-refractivity contribution in [3.05, 3.63) is 29.3 Å². The van der Waals surface area contributed by atoms with E-state index in [2.05, 4.69) is 10.0 Å². The third-order valence-electron chi connectivity index (χ3n) is 3.05. The summed E-state index contributed by atoms with van der Waals surface area (Å²) in [7, 11) is -3.76. The van der Waals surface area contributed by atoms with Crippen molar-refractivity contribution in [2.75, 3.05) is 6.54 Å². The van der Waals surface area contributed by atoms with Crippen LogP contribution in [0.5, 0.6) is 0 Å². The maximum atomic E-state index is 12.4. The van der Waals surface area contributed by atoms with Crippen LogP contribution >= 0.6 is 0 Å². The minimum atomic E-state index is -3.76.